The predicted octanol–water partition coefficient (Wildman–Crippen LogP) is 2.59. The Hall–Kier alpha value is -1.51. The van der Waals surface area contributed by atoms with E-state index in [-0.39, 0.29) is 5.92 Å². The molecule has 0 unspecified atom stereocenters. The topological polar surface area (TPSA) is 46.3 Å². The number of hydrogen-bond acceptors (Lipinski definition) is 2. The Morgan fingerprint density at radius 2 is 2.06 bits per heavy atom. The van der Waals surface area contributed by atoms with Crippen LogP contribution in [0.2, 0.25) is 0 Å². The van der Waals surface area contributed by atoms with Gasteiger partial charge in [0, 0.05) is 24.7 Å². The molecule has 3 nitrogen and oxygen atoms in total. The maximum absolute atomic E-state index is 12.3. The van der Waals surface area contributed by atoms with Crippen molar-refractivity contribution in [1.29, 1.82) is 0 Å². The second-order valence-corrected chi connectivity index (χ2v) is 5.05. The first-order chi connectivity index (χ1) is 8.65. The molecule has 0 aliphatic carbocycles. The zero-order valence-electron chi connectivity index (χ0n) is 11.3. The van der Waals surface area contributed by atoms with Crippen LogP contribution in [-0.4, -0.2) is 17.4 Å². The molecule has 98 valence electrons. The Morgan fingerprint density at radius 1 is 1.33 bits per heavy atom. The van der Waals surface area contributed by atoms with Crippen LogP contribution in [0, 0.1) is 5.92 Å². The lowest BCUT2D eigenvalue weighted by atomic mass is 9.96. The zero-order valence-corrected chi connectivity index (χ0v) is 11.3. The Morgan fingerprint density at radius 3 is 2.72 bits per heavy atom. The van der Waals surface area contributed by atoms with E-state index >= 15 is 0 Å². The monoisotopic (exact) mass is 246 g/mol. The van der Waals surface area contributed by atoms with E-state index in [4.69, 9.17) is 5.73 Å². The number of nitrogens with zero attached hydrogens (tertiary/aromatic N) is 1. The summed E-state index contributed by atoms with van der Waals surface area (Å²) in [4.78, 5) is 14.3. The minimum atomic E-state index is 0.181. The molecule has 1 aliphatic heterocycles. The second kappa shape index (κ2) is 5.42. The van der Waals surface area contributed by atoms with Gasteiger partial charge in [0.15, 0.2) is 0 Å². The first-order valence-electron chi connectivity index (χ1n) is 6.81. The fourth-order valence-electron chi connectivity index (χ4n) is 2.66. The van der Waals surface area contributed by atoms with Crippen LogP contribution in [-0.2, 0) is 17.8 Å². The Kier molecular flexibility index (Phi) is 3.90. The standard InChI is InChI=1S/C15H22N2O/c1-3-11(4-2)15(18)17-8-7-12-9-14(16)6-5-13(12)10-17/h5-6,9,11H,3-4,7-8,10,16H2,1-2H3. The van der Waals surface area contributed by atoms with Gasteiger partial charge < -0.3 is 10.6 Å². The molecule has 18 heavy (non-hydrogen) atoms. The Bertz CT molecular complexity index is 438. The molecule has 0 fully saturated rings. The van der Waals surface area contributed by atoms with Crippen LogP contribution in [0.3, 0.4) is 0 Å². The molecule has 1 amide bonds. The molecule has 2 rings (SSSR count). The van der Waals surface area contributed by atoms with Crippen LogP contribution in [0.15, 0.2) is 18.2 Å². The van der Waals surface area contributed by atoms with Gasteiger partial charge in [-0.3, -0.25) is 4.79 Å². The van der Waals surface area contributed by atoms with Crippen molar-refractivity contribution in [3.8, 4) is 0 Å². The van der Waals surface area contributed by atoms with Crippen LogP contribution < -0.4 is 5.73 Å². The number of carbonyl (C=O) groups is 1. The molecular weight excluding hydrogens is 224 g/mol. The summed E-state index contributed by atoms with van der Waals surface area (Å²) >= 11 is 0. The van der Waals surface area contributed by atoms with Crippen LogP contribution >= 0.6 is 0 Å². The maximum Gasteiger partial charge on any atom is 0.225 e. The number of anilines is 1. The number of rotatable bonds is 3. The first-order valence-corrected chi connectivity index (χ1v) is 6.81. The van der Waals surface area contributed by atoms with Crippen molar-refractivity contribution in [2.45, 2.75) is 39.7 Å². The molecule has 0 saturated carbocycles. The third-order valence-electron chi connectivity index (χ3n) is 3.89. The SMILES string of the molecule is CCC(CC)C(=O)N1CCc2cc(N)ccc2C1. The third-order valence-corrected chi connectivity index (χ3v) is 3.89. The second-order valence-electron chi connectivity index (χ2n) is 5.05. The van der Waals surface area contributed by atoms with E-state index in [1.807, 2.05) is 17.0 Å². The van der Waals surface area contributed by atoms with Crippen molar-refractivity contribution >= 4 is 11.6 Å². The van der Waals surface area contributed by atoms with E-state index in [0.29, 0.717) is 5.91 Å². The number of fused-ring (bicyclic) bond motifs is 1. The highest BCUT2D eigenvalue weighted by atomic mass is 16.2. The van der Waals surface area contributed by atoms with Gasteiger partial charge in [-0.25, -0.2) is 0 Å². The summed E-state index contributed by atoms with van der Waals surface area (Å²) in [6, 6.07) is 6.01. The number of carbonyl (C=O) groups excluding carboxylic acids is 1. The fraction of sp³-hybridized carbons (Fsp3) is 0.533. The van der Waals surface area contributed by atoms with Crippen molar-refractivity contribution < 1.29 is 4.79 Å². The average Bonchev–Trinajstić information content (AvgIpc) is 2.39. The van der Waals surface area contributed by atoms with Gasteiger partial charge >= 0.3 is 0 Å². The van der Waals surface area contributed by atoms with Gasteiger partial charge in [-0.15, -0.1) is 0 Å². The van der Waals surface area contributed by atoms with E-state index in [1.54, 1.807) is 0 Å². The Balaban J connectivity index is 2.12. The van der Waals surface area contributed by atoms with Crippen LogP contribution in [0.1, 0.15) is 37.8 Å². The zero-order chi connectivity index (χ0) is 13.1. The summed E-state index contributed by atoms with van der Waals surface area (Å²) in [5, 5.41) is 0. The van der Waals surface area contributed by atoms with Crippen LogP contribution in [0.25, 0.3) is 0 Å². The highest BCUT2D eigenvalue weighted by Crippen LogP contribution is 2.23. The lowest BCUT2D eigenvalue weighted by Gasteiger charge is -2.31. The molecule has 1 heterocycles. The van der Waals surface area contributed by atoms with Crippen molar-refractivity contribution in [1.82, 2.24) is 4.90 Å². The molecular formula is C15H22N2O. The van der Waals surface area contributed by atoms with Crippen LogP contribution in [0.5, 0.6) is 0 Å². The van der Waals surface area contributed by atoms with E-state index in [2.05, 4.69) is 19.9 Å². The average molecular weight is 246 g/mol. The van der Waals surface area contributed by atoms with Gasteiger partial charge in [0.1, 0.15) is 0 Å². The van der Waals surface area contributed by atoms with Gasteiger partial charge in [0.2, 0.25) is 5.91 Å². The van der Waals surface area contributed by atoms with E-state index in [1.165, 1.54) is 11.1 Å². The number of nitrogen functional groups attached to an aromatic ring is 1. The van der Waals surface area contributed by atoms with Gasteiger partial charge in [-0.1, -0.05) is 19.9 Å². The highest BCUT2D eigenvalue weighted by molar-refractivity contribution is 5.79. The number of amides is 1. The van der Waals surface area contributed by atoms with Crippen molar-refractivity contribution in [3.63, 3.8) is 0 Å². The van der Waals surface area contributed by atoms with Gasteiger partial charge in [-0.2, -0.15) is 0 Å². The smallest absolute Gasteiger partial charge is 0.225 e. The molecule has 1 aromatic rings. The van der Waals surface area contributed by atoms with Crippen molar-refractivity contribution in [2.24, 2.45) is 5.92 Å². The lowest BCUT2D eigenvalue weighted by Crippen LogP contribution is -2.39. The Labute approximate surface area is 109 Å². The quantitative estimate of drug-likeness (QED) is 0.833. The van der Waals surface area contributed by atoms with Crippen molar-refractivity contribution in [2.75, 3.05) is 12.3 Å². The number of nitrogens with two attached hydrogens (primary N) is 1. The summed E-state index contributed by atoms with van der Waals surface area (Å²) in [5.41, 5.74) is 9.14. The normalized spacial score (nSPS) is 14.7. The molecule has 0 saturated heterocycles. The molecule has 0 bridgehead atoms. The van der Waals surface area contributed by atoms with E-state index < -0.39 is 0 Å². The van der Waals surface area contributed by atoms with E-state index in [9.17, 15) is 4.79 Å². The van der Waals surface area contributed by atoms with Gasteiger partial charge in [-0.05, 0) is 42.5 Å². The molecule has 0 aromatic heterocycles. The largest absolute Gasteiger partial charge is 0.399 e. The third kappa shape index (κ3) is 2.50. The maximum atomic E-state index is 12.3. The number of benzene rings is 1. The molecule has 0 atom stereocenters. The lowest BCUT2D eigenvalue weighted by molar-refractivity contribution is -0.136. The molecule has 0 spiro atoms. The minimum absolute atomic E-state index is 0.181. The van der Waals surface area contributed by atoms with Crippen LogP contribution in [0.4, 0.5) is 5.69 Å². The van der Waals surface area contributed by atoms with E-state index in [0.717, 1.165) is 38.0 Å². The number of hydrogen-bond donors (Lipinski definition) is 1. The first kappa shape index (κ1) is 12.9. The fourth-order valence-corrected chi connectivity index (χ4v) is 2.66. The summed E-state index contributed by atoms with van der Waals surface area (Å²) in [7, 11) is 0. The molecule has 3 heteroatoms. The molecule has 1 aliphatic rings. The minimum Gasteiger partial charge on any atom is -0.399 e. The summed E-state index contributed by atoms with van der Waals surface area (Å²) < 4.78 is 0. The van der Waals surface area contributed by atoms with Gasteiger partial charge in [0.05, 0.1) is 0 Å². The predicted molar refractivity (Wildman–Crippen MR) is 74.0 cm³/mol. The van der Waals surface area contributed by atoms with Gasteiger partial charge in [0.25, 0.3) is 0 Å². The summed E-state index contributed by atoms with van der Waals surface area (Å²) in [5.74, 6) is 0.489. The molecule has 0 radical (unpaired) electrons. The molecule has 2 N–H and O–H groups in total. The summed E-state index contributed by atoms with van der Waals surface area (Å²) in [6.07, 6.45) is 2.78. The highest BCUT2D eigenvalue weighted by Gasteiger charge is 2.25. The summed E-state index contributed by atoms with van der Waals surface area (Å²) in [6.45, 7) is 5.74. The van der Waals surface area contributed by atoms with Crippen molar-refractivity contribution in [3.05, 3.63) is 29.3 Å². The molecule has 1 aromatic carbocycles.